The van der Waals surface area contributed by atoms with Crippen molar-refractivity contribution in [2.45, 2.75) is 13.8 Å². The van der Waals surface area contributed by atoms with Gasteiger partial charge in [-0.05, 0) is 11.7 Å². The topological polar surface area (TPSA) is 40.5 Å². The number of rotatable bonds is 3. The molecule has 1 aliphatic heterocycles. The van der Waals surface area contributed by atoms with Gasteiger partial charge in [-0.25, -0.2) is 0 Å². The standard InChI is InChI=1S/C10H19NO2S/c1-8-5-11(3-4-14-7-8)6-9(2)10(12)13/h8-9H,3-7H2,1-2H3,(H,12,13). The van der Waals surface area contributed by atoms with Crippen molar-refractivity contribution in [1.29, 1.82) is 0 Å². The molecule has 0 aromatic carbocycles. The number of hydrogen-bond acceptors (Lipinski definition) is 3. The fourth-order valence-electron chi connectivity index (χ4n) is 1.69. The molecule has 1 fully saturated rings. The zero-order valence-electron chi connectivity index (χ0n) is 8.90. The van der Waals surface area contributed by atoms with Gasteiger partial charge >= 0.3 is 5.97 Å². The molecular weight excluding hydrogens is 198 g/mol. The van der Waals surface area contributed by atoms with Gasteiger partial charge in [0.2, 0.25) is 0 Å². The van der Waals surface area contributed by atoms with Crippen LogP contribution in [0.1, 0.15) is 13.8 Å². The Balaban J connectivity index is 2.38. The molecule has 3 nitrogen and oxygen atoms in total. The summed E-state index contributed by atoms with van der Waals surface area (Å²) < 4.78 is 0. The van der Waals surface area contributed by atoms with Gasteiger partial charge in [0.25, 0.3) is 0 Å². The van der Waals surface area contributed by atoms with Gasteiger partial charge < -0.3 is 10.0 Å². The number of carboxylic acid groups (broad SMARTS) is 1. The van der Waals surface area contributed by atoms with Crippen LogP contribution in [0, 0.1) is 11.8 Å². The smallest absolute Gasteiger partial charge is 0.307 e. The lowest BCUT2D eigenvalue weighted by Gasteiger charge is -2.23. The van der Waals surface area contributed by atoms with E-state index in [1.807, 2.05) is 11.8 Å². The van der Waals surface area contributed by atoms with E-state index in [-0.39, 0.29) is 5.92 Å². The Kier molecular flexibility index (Phi) is 4.75. The average Bonchev–Trinajstić information content (AvgIpc) is 2.29. The highest BCUT2D eigenvalue weighted by molar-refractivity contribution is 7.99. The number of carboxylic acids is 1. The molecule has 1 N–H and O–H groups in total. The predicted molar refractivity (Wildman–Crippen MR) is 59.7 cm³/mol. The first-order chi connectivity index (χ1) is 6.59. The maximum atomic E-state index is 10.7. The van der Waals surface area contributed by atoms with Gasteiger partial charge in [0.05, 0.1) is 5.92 Å². The molecule has 1 saturated heterocycles. The summed E-state index contributed by atoms with van der Waals surface area (Å²) in [5.41, 5.74) is 0. The van der Waals surface area contributed by atoms with Crippen LogP contribution in [-0.4, -0.2) is 47.1 Å². The fraction of sp³-hybridized carbons (Fsp3) is 0.900. The number of carbonyl (C=O) groups is 1. The largest absolute Gasteiger partial charge is 0.481 e. The predicted octanol–water partition coefficient (Wildman–Crippen LogP) is 1.39. The molecule has 0 spiro atoms. The zero-order chi connectivity index (χ0) is 10.6. The molecule has 0 aromatic heterocycles. The van der Waals surface area contributed by atoms with E-state index in [4.69, 9.17) is 5.11 Å². The Bertz CT molecular complexity index is 199. The van der Waals surface area contributed by atoms with Gasteiger partial charge in [0, 0.05) is 25.4 Å². The van der Waals surface area contributed by atoms with E-state index in [0.29, 0.717) is 12.5 Å². The van der Waals surface area contributed by atoms with E-state index in [9.17, 15) is 4.79 Å². The fourth-order valence-corrected chi connectivity index (χ4v) is 2.76. The van der Waals surface area contributed by atoms with Gasteiger partial charge in [0.15, 0.2) is 0 Å². The van der Waals surface area contributed by atoms with Crippen molar-refractivity contribution in [3.05, 3.63) is 0 Å². The molecule has 2 atom stereocenters. The van der Waals surface area contributed by atoms with Crippen molar-refractivity contribution in [3.63, 3.8) is 0 Å². The summed E-state index contributed by atoms with van der Waals surface area (Å²) >= 11 is 1.97. The van der Waals surface area contributed by atoms with E-state index in [1.54, 1.807) is 6.92 Å². The van der Waals surface area contributed by atoms with Crippen molar-refractivity contribution in [3.8, 4) is 0 Å². The highest BCUT2D eigenvalue weighted by atomic mass is 32.2. The summed E-state index contributed by atoms with van der Waals surface area (Å²) in [6, 6.07) is 0. The molecule has 0 bridgehead atoms. The van der Waals surface area contributed by atoms with Gasteiger partial charge in [-0.1, -0.05) is 13.8 Å². The Hall–Kier alpha value is -0.220. The third-order valence-corrected chi connectivity index (χ3v) is 3.75. The summed E-state index contributed by atoms with van der Waals surface area (Å²) in [6.07, 6.45) is 0. The van der Waals surface area contributed by atoms with Crippen molar-refractivity contribution in [2.24, 2.45) is 11.8 Å². The molecule has 0 amide bonds. The monoisotopic (exact) mass is 217 g/mol. The molecule has 2 unspecified atom stereocenters. The van der Waals surface area contributed by atoms with Crippen molar-refractivity contribution in [1.82, 2.24) is 4.90 Å². The Morgan fingerprint density at radius 2 is 2.43 bits per heavy atom. The Morgan fingerprint density at radius 1 is 1.71 bits per heavy atom. The normalized spacial score (nSPS) is 26.9. The quantitative estimate of drug-likeness (QED) is 0.775. The molecule has 1 rings (SSSR count). The number of thioether (sulfide) groups is 1. The lowest BCUT2D eigenvalue weighted by molar-refractivity contribution is -0.141. The van der Waals surface area contributed by atoms with Crippen LogP contribution in [-0.2, 0) is 4.79 Å². The first-order valence-corrected chi connectivity index (χ1v) is 6.28. The van der Waals surface area contributed by atoms with Gasteiger partial charge in [-0.15, -0.1) is 0 Å². The van der Waals surface area contributed by atoms with Crippen LogP contribution in [0.2, 0.25) is 0 Å². The van der Waals surface area contributed by atoms with Crippen molar-refractivity contribution in [2.75, 3.05) is 31.1 Å². The van der Waals surface area contributed by atoms with Crippen molar-refractivity contribution >= 4 is 17.7 Å². The maximum Gasteiger partial charge on any atom is 0.307 e. The maximum absolute atomic E-state index is 10.7. The van der Waals surface area contributed by atoms with Gasteiger partial charge in [-0.3, -0.25) is 4.79 Å². The minimum atomic E-state index is -0.686. The molecule has 0 aromatic rings. The number of aliphatic carboxylic acids is 1. The third-order valence-electron chi connectivity index (χ3n) is 2.48. The molecule has 1 aliphatic rings. The summed E-state index contributed by atoms with van der Waals surface area (Å²) in [7, 11) is 0. The molecule has 82 valence electrons. The van der Waals surface area contributed by atoms with E-state index in [0.717, 1.165) is 18.8 Å². The van der Waals surface area contributed by atoms with Gasteiger partial charge in [0.1, 0.15) is 0 Å². The minimum Gasteiger partial charge on any atom is -0.481 e. The first kappa shape index (κ1) is 11.9. The van der Waals surface area contributed by atoms with Crippen LogP contribution < -0.4 is 0 Å². The Morgan fingerprint density at radius 3 is 3.07 bits per heavy atom. The summed E-state index contributed by atoms with van der Waals surface area (Å²) in [4.78, 5) is 13.0. The van der Waals surface area contributed by atoms with Crippen LogP contribution >= 0.6 is 11.8 Å². The van der Waals surface area contributed by atoms with Crippen molar-refractivity contribution < 1.29 is 9.90 Å². The third kappa shape index (κ3) is 3.88. The molecule has 0 saturated carbocycles. The van der Waals surface area contributed by atoms with Gasteiger partial charge in [-0.2, -0.15) is 11.8 Å². The second-order valence-electron chi connectivity index (χ2n) is 4.18. The average molecular weight is 217 g/mol. The number of nitrogens with zero attached hydrogens (tertiary/aromatic N) is 1. The summed E-state index contributed by atoms with van der Waals surface area (Å²) in [6.45, 7) is 6.79. The summed E-state index contributed by atoms with van der Waals surface area (Å²) in [5, 5.41) is 8.82. The van der Waals surface area contributed by atoms with E-state index < -0.39 is 5.97 Å². The van der Waals surface area contributed by atoms with E-state index in [2.05, 4.69) is 11.8 Å². The molecule has 1 heterocycles. The lowest BCUT2D eigenvalue weighted by Crippen LogP contribution is -2.35. The summed E-state index contributed by atoms with van der Waals surface area (Å²) in [5.74, 6) is 2.09. The molecule has 0 aliphatic carbocycles. The SMILES string of the molecule is CC1CSCCN(CC(C)C(=O)O)C1. The van der Waals surface area contributed by atoms with Crippen LogP contribution in [0.3, 0.4) is 0 Å². The van der Waals surface area contributed by atoms with E-state index >= 15 is 0 Å². The minimum absolute atomic E-state index is 0.245. The highest BCUT2D eigenvalue weighted by Gasteiger charge is 2.19. The van der Waals surface area contributed by atoms with E-state index in [1.165, 1.54) is 5.75 Å². The number of hydrogen-bond donors (Lipinski definition) is 1. The van der Waals surface area contributed by atoms with Crippen LogP contribution in [0.5, 0.6) is 0 Å². The molecule has 4 heteroatoms. The van der Waals surface area contributed by atoms with Crippen LogP contribution in [0.25, 0.3) is 0 Å². The first-order valence-electron chi connectivity index (χ1n) is 5.12. The second-order valence-corrected chi connectivity index (χ2v) is 5.33. The zero-order valence-corrected chi connectivity index (χ0v) is 9.72. The highest BCUT2D eigenvalue weighted by Crippen LogP contribution is 2.16. The van der Waals surface area contributed by atoms with Crippen LogP contribution in [0.4, 0.5) is 0 Å². The lowest BCUT2D eigenvalue weighted by atomic mass is 10.1. The Labute approximate surface area is 89.9 Å². The molecule has 14 heavy (non-hydrogen) atoms. The van der Waals surface area contributed by atoms with Crippen LogP contribution in [0.15, 0.2) is 0 Å². The molecule has 0 radical (unpaired) electrons. The second kappa shape index (κ2) is 5.61. The molecular formula is C10H19NO2S.